The maximum absolute atomic E-state index is 13.5. The number of nitrogens with zero attached hydrogens (tertiary/aromatic N) is 2. The van der Waals surface area contributed by atoms with Crippen LogP contribution in [0.1, 0.15) is 23.6 Å². The van der Waals surface area contributed by atoms with Crippen molar-refractivity contribution in [1.82, 2.24) is 4.31 Å². The van der Waals surface area contributed by atoms with Crippen molar-refractivity contribution in [3.8, 4) is 6.07 Å². The minimum atomic E-state index is -3.91. The molecule has 2 atom stereocenters. The van der Waals surface area contributed by atoms with E-state index in [9.17, 15) is 17.9 Å². The van der Waals surface area contributed by atoms with Crippen LogP contribution in [-0.4, -0.2) is 30.5 Å². The van der Waals surface area contributed by atoms with E-state index in [1.165, 1.54) is 46.8 Å². The summed E-state index contributed by atoms with van der Waals surface area (Å²) in [6, 6.07) is 12.7. The largest absolute Gasteiger partial charge is 0.392 e. The van der Waals surface area contributed by atoms with E-state index >= 15 is 0 Å². The highest BCUT2D eigenvalue weighted by molar-refractivity contribution is 7.89. The van der Waals surface area contributed by atoms with E-state index in [0.717, 1.165) is 0 Å². The molecule has 0 unspecified atom stereocenters. The minimum Gasteiger partial charge on any atom is -0.392 e. The SMILES string of the molecule is N#Cc1cccc(S(=O)(=O)N2C[C@H](O)C[C@H]2c2cccc(F)c2)c1. The number of halogens is 1. The number of benzene rings is 2. The van der Waals surface area contributed by atoms with E-state index in [1.54, 1.807) is 6.07 Å². The summed E-state index contributed by atoms with van der Waals surface area (Å²) in [6.07, 6.45) is -0.632. The average molecular weight is 346 g/mol. The van der Waals surface area contributed by atoms with E-state index in [4.69, 9.17) is 5.26 Å². The van der Waals surface area contributed by atoms with Crippen LogP contribution in [0.4, 0.5) is 4.39 Å². The van der Waals surface area contributed by atoms with Gasteiger partial charge in [-0.3, -0.25) is 0 Å². The molecule has 0 aliphatic carbocycles. The Morgan fingerprint density at radius 2 is 1.96 bits per heavy atom. The summed E-state index contributed by atoms with van der Waals surface area (Å²) >= 11 is 0. The first-order valence-corrected chi connectivity index (χ1v) is 8.81. The first kappa shape index (κ1) is 16.6. The van der Waals surface area contributed by atoms with E-state index in [0.29, 0.717) is 5.56 Å². The molecule has 2 aromatic carbocycles. The van der Waals surface area contributed by atoms with Crippen molar-refractivity contribution in [2.75, 3.05) is 6.54 Å². The lowest BCUT2D eigenvalue weighted by Crippen LogP contribution is -2.32. The summed E-state index contributed by atoms with van der Waals surface area (Å²) in [7, 11) is -3.91. The number of aliphatic hydroxyl groups is 1. The number of hydrogen-bond acceptors (Lipinski definition) is 4. The van der Waals surface area contributed by atoms with Crippen molar-refractivity contribution in [3.63, 3.8) is 0 Å². The highest BCUT2D eigenvalue weighted by atomic mass is 32.2. The Labute approximate surface area is 139 Å². The topological polar surface area (TPSA) is 81.4 Å². The summed E-state index contributed by atoms with van der Waals surface area (Å²) in [5.41, 5.74) is 0.727. The molecule has 1 saturated heterocycles. The summed E-state index contributed by atoms with van der Waals surface area (Å²) in [5, 5.41) is 18.9. The molecule has 0 saturated carbocycles. The van der Waals surface area contributed by atoms with Crippen molar-refractivity contribution < 1.29 is 17.9 Å². The van der Waals surface area contributed by atoms with Gasteiger partial charge >= 0.3 is 0 Å². The number of sulfonamides is 1. The molecule has 0 amide bonds. The van der Waals surface area contributed by atoms with Crippen LogP contribution in [0.2, 0.25) is 0 Å². The first-order valence-electron chi connectivity index (χ1n) is 7.37. The standard InChI is InChI=1S/C17H15FN2O3S/c18-14-5-2-4-13(8-14)17-9-15(21)11-20(17)24(22,23)16-6-1-3-12(7-16)10-19/h1-8,15,17,21H,9,11H2/t15-,17+/m1/s1. The van der Waals surface area contributed by atoms with Gasteiger partial charge in [0, 0.05) is 6.54 Å². The lowest BCUT2D eigenvalue weighted by molar-refractivity contribution is 0.188. The molecule has 7 heteroatoms. The van der Waals surface area contributed by atoms with E-state index in [1.807, 2.05) is 6.07 Å². The molecule has 124 valence electrons. The van der Waals surface area contributed by atoms with Crippen LogP contribution < -0.4 is 0 Å². The summed E-state index contributed by atoms with van der Waals surface area (Å²) in [4.78, 5) is -0.0166. The molecule has 0 aromatic heterocycles. The highest BCUT2D eigenvalue weighted by Crippen LogP contribution is 2.37. The predicted octanol–water partition coefficient (Wildman–Crippen LogP) is 2.19. The molecule has 3 rings (SSSR count). The van der Waals surface area contributed by atoms with Crippen LogP contribution >= 0.6 is 0 Å². The zero-order valence-corrected chi connectivity index (χ0v) is 13.4. The van der Waals surface area contributed by atoms with Gasteiger partial charge in [-0.1, -0.05) is 18.2 Å². The Balaban J connectivity index is 2.03. The molecular formula is C17H15FN2O3S. The number of rotatable bonds is 3. The zero-order chi connectivity index (χ0) is 17.3. The molecule has 5 nitrogen and oxygen atoms in total. The molecule has 0 spiro atoms. The Morgan fingerprint density at radius 1 is 1.21 bits per heavy atom. The van der Waals surface area contributed by atoms with Gasteiger partial charge in [0.2, 0.25) is 10.0 Å². The predicted molar refractivity (Wildman–Crippen MR) is 84.8 cm³/mol. The molecule has 24 heavy (non-hydrogen) atoms. The van der Waals surface area contributed by atoms with Gasteiger partial charge in [-0.15, -0.1) is 0 Å². The molecule has 1 N–H and O–H groups in total. The fourth-order valence-electron chi connectivity index (χ4n) is 2.93. The zero-order valence-electron chi connectivity index (χ0n) is 12.6. The molecule has 1 aliphatic heterocycles. The summed E-state index contributed by atoms with van der Waals surface area (Å²) < 4.78 is 40.5. The Hall–Kier alpha value is -2.27. The van der Waals surface area contributed by atoms with E-state index in [-0.39, 0.29) is 23.4 Å². The highest BCUT2D eigenvalue weighted by Gasteiger charge is 2.40. The molecule has 1 heterocycles. The van der Waals surface area contributed by atoms with Crippen molar-refractivity contribution in [2.45, 2.75) is 23.5 Å². The second-order valence-electron chi connectivity index (χ2n) is 5.67. The minimum absolute atomic E-state index is 0.0166. The van der Waals surface area contributed by atoms with Crippen LogP contribution in [0.3, 0.4) is 0 Å². The van der Waals surface area contributed by atoms with Crippen molar-refractivity contribution in [3.05, 3.63) is 65.5 Å². The van der Waals surface area contributed by atoms with Gasteiger partial charge in [0.1, 0.15) is 5.82 Å². The molecule has 1 fully saturated rings. The lowest BCUT2D eigenvalue weighted by atomic mass is 10.0. The smallest absolute Gasteiger partial charge is 0.243 e. The third-order valence-corrected chi connectivity index (χ3v) is 5.91. The molecule has 0 radical (unpaired) electrons. The molecular weight excluding hydrogens is 331 g/mol. The van der Waals surface area contributed by atoms with Crippen molar-refractivity contribution in [1.29, 1.82) is 5.26 Å². The Bertz CT molecular complexity index is 908. The summed E-state index contributed by atoms with van der Waals surface area (Å²) in [6.45, 7) is -0.0692. The molecule has 0 bridgehead atoms. The summed E-state index contributed by atoms with van der Waals surface area (Å²) in [5.74, 6) is -0.460. The van der Waals surface area contributed by atoms with Crippen LogP contribution in [0.5, 0.6) is 0 Å². The molecule has 2 aromatic rings. The third-order valence-electron chi connectivity index (χ3n) is 4.04. The molecule has 1 aliphatic rings. The van der Waals surface area contributed by atoms with Crippen molar-refractivity contribution >= 4 is 10.0 Å². The quantitative estimate of drug-likeness (QED) is 0.924. The van der Waals surface area contributed by atoms with Crippen LogP contribution in [0.25, 0.3) is 0 Å². The van der Waals surface area contributed by atoms with Gasteiger partial charge < -0.3 is 5.11 Å². The van der Waals surface area contributed by atoms with Crippen LogP contribution in [-0.2, 0) is 10.0 Å². The van der Waals surface area contributed by atoms with Gasteiger partial charge in [-0.25, -0.2) is 12.8 Å². The van der Waals surface area contributed by atoms with E-state index in [2.05, 4.69) is 0 Å². The van der Waals surface area contributed by atoms with Gasteiger partial charge in [0.25, 0.3) is 0 Å². The monoisotopic (exact) mass is 346 g/mol. The fourth-order valence-corrected chi connectivity index (χ4v) is 4.64. The van der Waals surface area contributed by atoms with Gasteiger partial charge in [0.15, 0.2) is 0 Å². The maximum atomic E-state index is 13.5. The van der Waals surface area contributed by atoms with E-state index < -0.39 is 28.0 Å². The van der Waals surface area contributed by atoms with Gasteiger partial charge in [0.05, 0.1) is 28.7 Å². The van der Waals surface area contributed by atoms with Crippen molar-refractivity contribution in [2.24, 2.45) is 0 Å². The number of aliphatic hydroxyl groups excluding tert-OH is 1. The van der Waals surface area contributed by atoms with Crippen LogP contribution in [0, 0.1) is 17.1 Å². The fraction of sp³-hybridized carbons (Fsp3) is 0.235. The van der Waals surface area contributed by atoms with Crippen LogP contribution in [0.15, 0.2) is 53.4 Å². The Kier molecular flexibility index (Phi) is 4.37. The third kappa shape index (κ3) is 3.04. The number of nitriles is 1. The normalized spacial score (nSPS) is 21.5. The van der Waals surface area contributed by atoms with Gasteiger partial charge in [-0.2, -0.15) is 9.57 Å². The first-order chi connectivity index (χ1) is 11.4. The second-order valence-corrected chi connectivity index (χ2v) is 7.57. The Morgan fingerprint density at radius 3 is 2.67 bits per heavy atom. The van der Waals surface area contributed by atoms with Gasteiger partial charge in [-0.05, 0) is 42.3 Å². The second kappa shape index (κ2) is 6.32. The number of β-amino-alcohol motifs (C(OH)–C–C–N with tert-alkyl or cyclic N) is 1. The lowest BCUT2D eigenvalue weighted by Gasteiger charge is -2.24. The number of hydrogen-bond donors (Lipinski definition) is 1. The average Bonchev–Trinajstić information content (AvgIpc) is 2.98. The maximum Gasteiger partial charge on any atom is 0.243 e.